The number of nitrogens with zero attached hydrogens (tertiary/aromatic N) is 2. The highest BCUT2D eigenvalue weighted by Crippen LogP contribution is 2.41. The van der Waals surface area contributed by atoms with E-state index in [4.69, 9.17) is 0 Å². The Balaban J connectivity index is 2.28. The minimum atomic E-state index is -0.933. The number of piperidine rings is 1. The summed E-state index contributed by atoms with van der Waals surface area (Å²) in [6.07, 6.45) is 0.905. The molecule has 1 saturated heterocycles. The lowest BCUT2D eigenvalue weighted by Gasteiger charge is -2.47. The number of nitrogens with one attached hydrogen (secondary N) is 1. The quantitative estimate of drug-likeness (QED) is 0.826. The first kappa shape index (κ1) is 19.9. The molecule has 0 aromatic heterocycles. The largest absolute Gasteiger partial charge is 0.478 e. The minimum absolute atomic E-state index is 0.0540. The maximum absolute atomic E-state index is 11.8. The van der Waals surface area contributed by atoms with E-state index >= 15 is 0 Å². The fraction of sp³-hybridized carbons (Fsp3) is 0.391. The number of aryl methyl sites for hydroxylation is 2. The zero-order chi connectivity index (χ0) is 20.5. The number of rotatable bonds is 4. The highest BCUT2D eigenvalue weighted by atomic mass is 16.4. The van der Waals surface area contributed by atoms with Gasteiger partial charge < -0.3 is 15.3 Å². The van der Waals surface area contributed by atoms with Crippen LogP contribution in [0.25, 0.3) is 0 Å². The van der Waals surface area contributed by atoms with Gasteiger partial charge in [0.15, 0.2) is 0 Å². The fourth-order valence-electron chi connectivity index (χ4n) is 4.21. The van der Waals surface area contributed by atoms with Gasteiger partial charge in [-0.25, -0.2) is 4.79 Å². The van der Waals surface area contributed by atoms with Crippen LogP contribution >= 0.6 is 0 Å². The Bertz CT molecular complexity index is 943. The number of carboxylic acids is 1. The monoisotopic (exact) mass is 377 g/mol. The molecule has 0 bridgehead atoms. The van der Waals surface area contributed by atoms with E-state index in [1.165, 1.54) is 0 Å². The maximum atomic E-state index is 11.8. The normalized spacial score (nSPS) is 18.3. The van der Waals surface area contributed by atoms with Gasteiger partial charge in [0.25, 0.3) is 0 Å². The van der Waals surface area contributed by atoms with Crippen molar-refractivity contribution in [3.05, 3.63) is 58.7 Å². The first-order valence-corrected chi connectivity index (χ1v) is 9.60. The number of carbonyl (C=O) groups is 1. The number of hydrogen-bond acceptors (Lipinski definition) is 4. The Labute approximate surface area is 166 Å². The van der Waals surface area contributed by atoms with E-state index in [-0.39, 0.29) is 11.5 Å². The van der Waals surface area contributed by atoms with Gasteiger partial charge in [-0.15, -0.1) is 0 Å². The van der Waals surface area contributed by atoms with Crippen LogP contribution in [0.15, 0.2) is 36.4 Å². The van der Waals surface area contributed by atoms with Gasteiger partial charge in [0.2, 0.25) is 0 Å². The molecule has 0 saturated carbocycles. The van der Waals surface area contributed by atoms with E-state index in [0.717, 1.165) is 42.0 Å². The topological polar surface area (TPSA) is 76.4 Å². The smallest absolute Gasteiger partial charge is 0.336 e. The van der Waals surface area contributed by atoms with E-state index in [2.05, 4.69) is 30.1 Å². The standard InChI is InChI=1S/C23H27N3O2/c1-15-11-16(2)20(12-18(15)22(27)28)26(19-8-6-5-7-17(19)13-24)21-9-10-25-14-23(21,3)4/h5-8,11-12,21,25H,9-10,14H2,1-4H3,(H,27,28). The van der Waals surface area contributed by atoms with Crippen LogP contribution in [-0.2, 0) is 0 Å². The summed E-state index contributed by atoms with van der Waals surface area (Å²) in [6, 6.07) is 13.7. The average Bonchev–Trinajstić information content (AvgIpc) is 2.64. The third kappa shape index (κ3) is 3.61. The minimum Gasteiger partial charge on any atom is -0.478 e. The van der Waals surface area contributed by atoms with Gasteiger partial charge in [-0.05, 0) is 61.6 Å². The fourth-order valence-corrected chi connectivity index (χ4v) is 4.21. The van der Waals surface area contributed by atoms with Crippen LogP contribution in [0, 0.1) is 30.6 Å². The molecule has 0 amide bonds. The summed E-state index contributed by atoms with van der Waals surface area (Å²) in [5.74, 6) is -0.933. The molecule has 0 spiro atoms. The molecule has 1 aliphatic heterocycles. The number of para-hydroxylation sites is 1. The Hall–Kier alpha value is -2.84. The van der Waals surface area contributed by atoms with E-state index in [9.17, 15) is 15.2 Å². The lowest BCUT2D eigenvalue weighted by Crippen LogP contribution is -2.53. The van der Waals surface area contributed by atoms with E-state index < -0.39 is 5.97 Å². The Morgan fingerprint density at radius 1 is 1.21 bits per heavy atom. The number of benzene rings is 2. The molecule has 5 nitrogen and oxygen atoms in total. The average molecular weight is 377 g/mol. The highest BCUT2D eigenvalue weighted by Gasteiger charge is 2.38. The van der Waals surface area contributed by atoms with Crippen molar-refractivity contribution in [2.24, 2.45) is 5.41 Å². The van der Waals surface area contributed by atoms with E-state index in [1.807, 2.05) is 44.2 Å². The molecule has 5 heteroatoms. The van der Waals surface area contributed by atoms with E-state index in [0.29, 0.717) is 11.1 Å². The Morgan fingerprint density at radius 2 is 1.93 bits per heavy atom. The van der Waals surface area contributed by atoms with Crippen LogP contribution < -0.4 is 10.2 Å². The van der Waals surface area contributed by atoms with Gasteiger partial charge in [-0.2, -0.15) is 5.26 Å². The molecule has 2 aromatic rings. The molecule has 1 unspecified atom stereocenters. The van der Waals surface area contributed by atoms with Crippen molar-refractivity contribution < 1.29 is 9.90 Å². The molecular formula is C23H27N3O2. The molecule has 2 aromatic carbocycles. The molecule has 146 valence electrons. The number of anilines is 2. The molecule has 28 heavy (non-hydrogen) atoms. The maximum Gasteiger partial charge on any atom is 0.336 e. The van der Waals surface area contributed by atoms with Crippen molar-refractivity contribution in [1.29, 1.82) is 5.26 Å². The molecule has 0 radical (unpaired) electrons. The zero-order valence-electron chi connectivity index (χ0n) is 16.9. The summed E-state index contributed by atoms with van der Waals surface area (Å²) < 4.78 is 0. The second-order valence-electron chi connectivity index (χ2n) is 8.23. The summed E-state index contributed by atoms with van der Waals surface area (Å²) in [4.78, 5) is 14.0. The van der Waals surface area contributed by atoms with Crippen LogP contribution in [0.5, 0.6) is 0 Å². The number of nitriles is 1. The number of aromatic carboxylic acids is 1. The summed E-state index contributed by atoms with van der Waals surface area (Å²) in [5.41, 5.74) is 4.26. The number of carboxylic acid groups (broad SMARTS) is 1. The molecule has 0 aliphatic carbocycles. The third-order valence-electron chi connectivity index (χ3n) is 5.71. The van der Waals surface area contributed by atoms with Gasteiger partial charge in [-0.1, -0.05) is 32.0 Å². The summed E-state index contributed by atoms with van der Waals surface area (Å²) in [7, 11) is 0. The van der Waals surface area contributed by atoms with Gasteiger partial charge in [0, 0.05) is 18.3 Å². The second-order valence-corrected chi connectivity index (χ2v) is 8.23. The molecule has 2 N–H and O–H groups in total. The van der Waals surface area contributed by atoms with Crippen molar-refractivity contribution in [3.8, 4) is 6.07 Å². The molecule has 1 fully saturated rings. The SMILES string of the molecule is Cc1cc(C)c(N(c2ccccc2C#N)C2CCNCC2(C)C)cc1C(=O)O. The lowest BCUT2D eigenvalue weighted by molar-refractivity contribution is 0.0696. The van der Waals surface area contributed by atoms with Crippen LogP contribution in [0.1, 0.15) is 47.3 Å². The molecule has 1 heterocycles. The van der Waals surface area contributed by atoms with Crippen LogP contribution in [-0.4, -0.2) is 30.2 Å². The number of hydrogen-bond donors (Lipinski definition) is 2. The highest BCUT2D eigenvalue weighted by molar-refractivity contribution is 5.91. The summed E-state index contributed by atoms with van der Waals surface area (Å²) in [6.45, 7) is 10.0. The molecule has 1 atom stereocenters. The van der Waals surface area contributed by atoms with Crippen molar-refractivity contribution >= 4 is 17.3 Å². The lowest BCUT2D eigenvalue weighted by atomic mass is 9.78. The molecule has 1 aliphatic rings. The van der Waals surface area contributed by atoms with E-state index in [1.54, 1.807) is 6.07 Å². The van der Waals surface area contributed by atoms with Gasteiger partial charge in [0.1, 0.15) is 6.07 Å². The van der Waals surface area contributed by atoms with Crippen molar-refractivity contribution in [1.82, 2.24) is 5.32 Å². The molecule has 3 rings (SSSR count). The van der Waals surface area contributed by atoms with Crippen molar-refractivity contribution in [3.63, 3.8) is 0 Å². The first-order valence-electron chi connectivity index (χ1n) is 9.60. The Morgan fingerprint density at radius 3 is 2.57 bits per heavy atom. The van der Waals surface area contributed by atoms with Gasteiger partial charge >= 0.3 is 5.97 Å². The summed E-state index contributed by atoms with van der Waals surface area (Å²) in [5, 5.41) is 22.8. The summed E-state index contributed by atoms with van der Waals surface area (Å²) >= 11 is 0. The van der Waals surface area contributed by atoms with Crippen LogP contribution in [0.2, 0.25) is 0 Å². The van der Waals surface area contributed by atoms with Gasteiger partial charge in [-0.3, -0.25) is 0 Å². The predicted octanol–water partition coefficient (Wildman–Crippen LogP) is 4.40. The van der Waals surface area contributed by atoms with Crippen LogP contribution in [0.3, 0.4) is 0 Å². The predicted molar refractivity (Wildman–Crippen MR) is 111 cm³/mol. The Kier molecular flexibility index (Phi) is 5.44. The second kappa shape index (κ2) is 7.65. The first-order chi connectivity index (χ1) is 13.3. The van der Waals surface area contributed by atoms with Crippen molar-refractivity contribution in [2.45, 2.75) is 40.2 Å². The third-order valence-corrected chi connectivity index (χ3v) is 5.71. The zero-order valence-corrected chi connectivity index (χ0v) is 16.9. The van der Waals surface area contributed by atoms with Crippen molar-refractivity contribution in [2.75, 3.05) is 18.0 Å². The van der Waals surface area contributed by atoms with Gasteiger partial charge in [0.05, 0.1) is 16.8 Å². The molecular weight excluding hydrogens is 350 g/mol. The van der Waals surface area contributed by atoms with Crippen LogP contribution in [0.4, 0.5) is 11.4 Å².